The van der Waals surface area contributed by atoms with Crippen LogP contribution in [0.3, 0.4) is 0 Å². The van der Waals surface area contributed by atoms with Gasteiger partial charge in [-0.1, -0.05) is 30.3 Å². The number of alkyl carbamates (subject to hydrolysis) is 1. The van der Waals surface area contributed by atoms with Gasteiger partial charge in [-0.2, -0.15) is 0 Å². The molecule has 0 bridgehead atoms. The van der Waals surface area contributed by atoms with Crippen molar-refractivity contribution in [3.8, 4) is 0 Å². The van der Waals surface area contributed by atoms with E-state index in [1.165, 1.54) is 0 Å². The Kier molecular flexibility index (Phi) is 7.54. The SMILES string of the molecule is CC1(C)CC(CCCNC(=O)OCc2ccccc2)CN1c1nc(Br)ccc1C(N)=O. The minimum Gasteiger partial charge on any atom is -0.445 e. The van der Waals surface area contributed by atoms with E-state index in [-0.39, 0.29) is 12.1 Å². The number of amides is 2. The van der Waals surface area contributed by atoms with Crippen LogP contribution in [0.1, 0.15) is 49.0 Å². The fourth-order valence-corrected chi connectivity index (χ4v) is 4.43. The highest BCUT2D eigenvalue weighted by molar-refractivity contribution is 9.10. The minimum atomic E-state index is -0.479. The molecule has 1 fully saturated rings. The van der Waals surface area contributed by atoms with Gasteiger partial charge in [0.15, 0.2) is 0 Å². The van der Waals surface area contributed by atoms with Gasteiger partial charge in [0.05, 0.1) is 5.56 Å². The molecule has 1 aromatic carbocycles. The number of pyridine rings is 1. The molecule has 2 aromatic rings. The number of benzene rings is 1. The molecule has 7 nitrogen and oxygen atoms in total. The molecule has 1 saturated heterocycles. The zero-order valence-electron chi connectivity index (χ0n) is 17.9. The number of primary amides is 1. The van der Waals surface area contributed by atoms with Crippen LogP contribution in [0.5, 0.6) is 0 Å². The number of anilines is 1. The third-order valence-electron chi connectivity index (χ3n) is 5.59. The number of hydrogen-bond donors (Lipinski definition) is 2. The lowest BCUT2D eigenvalue weighted by atomic mass is 9.93. The summed E-state index contributed by atoms with van der Waals surface area (Å²) in [5.74, 6) is 0.572. The molecule has 1 unspecified atom stereocenters. The van der Waals surface area contributed by atoms with Crippen molar-refractivity contribution < 1.29 is 14.3 Å². The van der Waals surface area contributed by atoms with E-state index in [4.69, 9.17) is 10.5 Å². The van der Waals surface area contributed by atoms with E-state index in [2.05, 4.69) is 45.0 Å². The van der Waals surface area contributed by atoms with Crippen LogP contribution in [-0.4, -0.2) is 35.6 Å². The average molecular weight is 489 g/mol. The molecule has 3 N–H and O–H groups in total. The third kappa shape index (κ3) is 6.19. The van der Waals surface area contributed by atoms with Crippen molar-refractivity contribution in [3.05, 3.63) is 58.2 Å². The summed E-state index contributed by atoms with van der Waals surface area (Å²) in [4.78, 5) is 30.5. The quantitative estimate of drug-likeness (QED) is 0.427. The van der Waals surface area contributed by atoms with E-state index in [0.29, 0.717) is 28.4 Å². The first-order valence-electron chi connectivity index (χ1n) is 10.4. The molecule has 1 aliphatic heterocycles. The molecule has 8 heteroatoms. The van der Waals surface area contributed by atoms with Crippen molar-refractivity contribution >= 4 is 33.7 Å². The maximum atomic E-state index is 11.9. The van der Waals surface area contributed by atoms with Crippen molar-refractivity contribution in [2.75, 3.05) is 18.0 Å². The highest BCUT2D eigenvalue weighted by atomic mass is 79.9. The van der Waals surface area contributed by atoms with Crippen molar-refractivity contribution in [3.63, 3.8) is 0 Å². The predicted octanol–water partition coefficient (Wildman–Crippen LogP) is 4.25. The number of aromatic nitrogens is 1. The molecule has 0 radical (unpaired) electrons. The Morgan fingerprint density at radius 1 is 1.26 bits per heavy atom. The monoisotopic (exact) mass is 488 g/mol. The van der Waals surface area contributed by atoms with E-state index in [9.17, 15) is 9.59 Å². The summed E-state index contributed by atoms with van der Waals surface area (Å²) in [6, 6.07) is 13.0. The van der Waals surface area contributed by atoms with Gasteiger partial charge in [-0.25, -0.2) is 9.78 Å². The molecule has 0 saturated carbocycles. The van der Waals surface area contributed by atoms with E-state index in [1.54, 1.807) is 12.1 Å². The Hall–Kier alpha value is -2.61. The fraction of sp³-hybridized carbons (Fsp3) is 0.435. The van der Waals surface area contributed by atoms with Gasteiger partial charge in [0.1, 0.15) is 17.0 Å². The first-order valence-corrected chi connectivity index (χ1v) is 11.2. The van der Waals surface area contributed by atoms with E-state index in [1.807, 2.05) is 30.3 Å². The van der Waals surface area contributed by atoms with Gasteiger partial charge in [0.25, 0.3) is 5.91 Å². The van der Waals surface area contributed by atoms with Crippen LogP contribution in [0, 0.1) is 5.92 Å². The fourth-order valence-electron chi connectivity index (χ4n) is 4.13. The summed E-state index contributed by atoms with van der Waals surface area (Å²) in [6.45, 7) is 5.92. The van der Waals surface area contributed by atoms with Crippen LogP contribution in [0.4, 0.5) is 10.6 Å². The Morgan fingerprint density at radius 3 is 2.71 bits per heavy atom. The highest BCUT2D eigenvalue weighted by Crippen LogP contribution is 2.39. The Balaban J connectivity index is 1.48. The molecule has 166 valence electrons. The number of nitrogens with zero attached hydrogens (tertiary/aromatic N) is 2. The topological polar surface area (TPSA) is 97.6 Å². The van der Waals surface area contributed by atoms with Crippen LogP contribution >= 0.6 is 15.9 Å². The van der Waals surface area contributed by atoms with Gasteiger partial charge in [0, 0.05) is 18.6 Å². The molecule has 0 spiro atoms. The van der Waals surface area contributed by atoms with Crippen LogP contribution in [0.25, 0.3) is 0 Å². The number of nitrogens with two attached hydrogens (primary N) is 1. The van der Waals surface area contributed by atoms with Gasteiger partial charge < -0.3 is 20.7 Å². The van der Waals surface area contributed by atoms with Crippen molar-refractivity contribution in [1.82, 2.24) is 10.3 Å². The maximum absolute atomic E-state index is 11.9. The number of carbonyl (C=O) groups excluding carboxylic acids is 2. The van der Waals surface area contributed by atoms with Crippen molar-refractivity contribution in [1.29, 1.82) is 0 Å². The third-order valence-corrected chi connectivity index (χ3v) is 6.03. The summed E-state index contributed by atoms with van der Waals surface area (Å²) in [6.07, 6.45) is 2.38. The number of nitrogens with one attached hydrogen (secondary N) is 1. The van der Waals surface area contributed by atoms with E-state index < -0.39 is 12.0 Å². The van der Waals surface area contributed by atoms with Crippen LogP contribution in [0.2, 0.25) is 0 Å². The van der Waals surface area contributed by atoms with Crippen LogP contribution in [0.15, 0.2) is 47.1 Å². The van der Waals surface area contributed by atoms with Gasteiger partial charge in [-0.3, -0.25) is 4.79 Å². The average Bonchev–Trinajstić information content (AvgIpc) is 3.04. The van der Waals surface area contributed by atoms with E-state index >= 15 is 0 Å². The summed E-state index contributed by atoms with van der Waals surface area (Å²) < 4.78 is 5.91. The van der Waals surface area contributed by atoms with E-state index in [0.717, 1.165) is 31.4 Å². The van der Waals surface area contributed by atoms with Crippen LogP contribution < -0.4 is 16.0 Å². The predicted molar refractivity (Wildman–Crippen MR) is 124 cm³/mol. The molecule has 1 aromatic heterocycles. The maximum Gasteiger partial charge on any atom is 0.407 e. The molecule has 1 aliphatic rings. The molecule has 3 rings (SSSR count). The summed E-state index contributed by atoms with van der Waals surface area (Å²) in [7, 11) is 0. The summed E-state index contributed by atoms with van der Waals surface area (Å²) in [5.41, 5.74) is 6.81. The Morgan fingerprint density at radius 2 is 2.00 bits per heavy atom. The zero-order chi connectivity index (χ0) is 22.4. The van der Waals surface area contributed by atoms with Crippen LogP contribution in [-0.2, 0) is 11.3 Å². The molecule has 2 heterocycles. The van der Waals surface area contributed by atoms with Gasteiger partial charge in [0.2, 0.25) is 0 Å². The number of ether oxygens (including phenoxy) is 1. The van der Waals surface area contributed by atoms with Crippen molar-refractivity contribution in [2.24, 2.45) is 11.7 Å². The van der Waals surface area contributed by atoms with Gasteiger partial charge >= 0.3 is 6.09 Å². The second-order valence-corrected chi connectivity index (χ2v) is 9.31. The number of hydrogen-bond acceptors (Lipinski definition) is 5. The highest BCUT2D eigenvalue weighted by Gasteiger charge is 2.40. The Labute approximate surface area is 191 Å². The van der Waals surface area contributed by atoms with Crippen molar-refractivity contribution in [2.45, 2.75) is 45.3 Å². The lowest BCUT2D eigenvalue weighted by Crippen LogP contribution is -2.40. The first kappa shape index (κ1) is 23.1. The molecule has 0 aliphatic carbocycles. The molecular weight excluding hydrogens is 460 g/mol. The smallest absolute Gasteiger partial charge is 0.407 e. The van der Waals surface area contributed by atoms with Gasteiger partial charge in [-0.15, -0.1) is 0 Å². The zero-order valence-corrected chi connectivity index (χ0v) is 19.5. The lowest BCUT2D eigenvalue weighted by Gasteiger charge is -2.33. The lowest BCUT2D eigenvalue weighted by molar-refractivity contribution is 0.1000. The summed E-state index contributed by atoms with van der Waals surface area (Å²) >= 11 is 3.40. The second-order valence-electron chi connectivity index (χ2n) is 8.49. The summed E-state index contributed by atoms with van der Waals surface area (Å²) in [5, 5.41) is 2.82. The first-order chi connectivity index (χ1) is 14.8. The minimum absolute atomic E-state index is 0.148. The molecule has 2 amide bonds. The molecule has 31 heavy (non-hydrogen) atoms. The standard InChI is InChI=1S/C23H29BrN4O3/c1-23(2)13-17(14-28(23)21-18(20(25)29)10-11-19(24)27-21)9-6-12-26-22(30)31-15-16-7-4-3-5-8-16/h3-5,7-8,10-11,17H,6,9,12-15H2,1-2H3,(H2,25,29)(H,26,30). The Bertz CT molecular complexity index is 920. The number of halogens is 1. The largest absolute Gasteiger partial charge is 0.445 e. The number of carbonyl (C=O) groups is 2. The normalized spacial score (nSPS) is 17.4. The van der Waals surface area contributed by atoms with Gasteiger partial charge in [-0.05, 0) is 72.7 Å². The molecular formula is C23H29BrN4O3. The second kappa shape index (κ2) is 10.1. The molecule has 1 atom stereocenters. The number of rotatable bonds is 8.